The van der Waals surface area contributed by atoms with Crippen LogP contribution in [0.1, 0.15) is 52.5 Å². The number of benzene rings is 1. The predicted molar refractivity (Wildman–Crippen MR) is 146 cm³/mol. The van der Waals surface area contributed by atoms with Gasteiger partial charge in [-0.15, -0.1) is 0 Å². The summed E-state index contributed by atoms with van der Waals surface area (Å²) in [6, 6.07) is 16.0. The van der Waals surface area contributed by atoms with Gasteiger partial charge in [-0.1, -0.05) is 43.6 Å². The maximum atomic E-state index is 10.7. The molecule has 0 amide bonds. The zero-order chi connectivity index (χ0) is 25.0. The molecule has 2 aromatic rings. The molecule has 2 fully saturated rings. The van der Waals surface area contributed by atoms with Crippen molar-refractivity contribution < 1.29 is 5.11 Å². The lowest BCUT2D eigenvalue weighted by atomic mass is 9.90. The first-order valence-corrected chi connectivity index (χ1v) is 13.7. The predicted octanol–water partition coefficient (Wildman–Crippen LogP) is 5.12. The molecule has 0 spiro atoms. The Balaban J connectivity index is 1.53. The zero-order valence-corrected chi connectivity index (χ0v) is 22.7. The SMILES string of the molecule is CC(C)C[C@H]1CN(C2CCN(c3ccccn3)CC2)[C@@H](Cc2ccc(Cl)cc2)CN1CC(C)(C)O. The second-order valence-electron chi connectivity index (χ2n) is 11.6. The molecule has 0 radical (unpaired) electrons. The van der Waals surface area contributed by atoms with Crippen LogP contribution in [-0.4, -0.2) is 76.3 Å². The molecule has 35 heavy (non-hydrogen) atoms. The molecule has 0 aliphatic carbocycles. The first kappa shape index (κ1) is 26.4. The van der Waals surface area contributed by atoms with Gasteiger partial charge < -0.3 is 10.0 Å². The molecule has 5 nitrogen and oxygen atoms in total. The Labute approximate surface area is 217 Å². The van der Waals surface area contributed by atoms with Crippen LogP contribution in [0.4, 0.5) is 5.82 Å². The lowest BCUT2D eigenvalue weighted by Gasteiger charge is -2.52. The van der Waals surface area contributed by atoms with Crippen molar-refractivity contribution in [3.63, 3.8) is 0 Å². The first-order chi connectivity index (χ1) is 16.7. The van der Waals surface area contributed by atoms with Crippen LogP contribution in [0.15, 0.2) is 48.7 Å². The lowest BCUT2D eigenvalue weighted by molar-refractivity contribution is -0.0483. The topological polar surface area (TPSA) is 42.8 Å². The maximum Gasteiger partial charge on any atom is 0.128 e. The Morgan fingerprint density at radius 2 is 1.74 bits per heavy atom. The molecule has 4 rings (SSSR count). The highest BCUT2D eigenvalue weighted by molar-refractivity contribution is 6.30. The number of hydrogen-bond acceptors (Lipinski definition) is 5. The van der Waals surface area contributed by atoms with Crippen molar-refractivity contribution in [3.8, 4) is 0 Å². The minimum absolute atomic E-state index is 0.424. The van der Waals surface area contributed by atoms with Gasteiger partial charge in [0.05, 0.1) is 5.60 Å². The number of hydrogen-bond donors (Lipinski definition) is 1. The standard InChI is InChI=1S/C29H43ClN4O/c1-22(2)17-26-20-34(25-12-15-32(16-13-25)28-7-5-6-14-31-28)27(19-33(26)21-29(3,4)35)18-23-8-10-24(30)11-9-23/h5-11,14,22,25-27,35H,12-13,15-21H2,1-4H3/t26-,27-/m0/s1. The number of β-amino-alcohol motifs (C(OH)–C–C–N with tert-alkyl or cyclic N) is 1. The van der Waals surface area contributed by atoms with E-state index in [9.17, 15) is 5.11 Å². The Hall–Kier alpha value is -1.66. The van der Waals surface area contributed by atoms with Gasteiger partial charge in [0.1, 0.15) is 5.82 Å². The molecular formula is C29H43ClN4O. The van der Waals surface area contributed by atoms with E-state index in [4.69, 9.17) is 11.6 Å². The van der Waals surface area contributed by atoms with Crippen molar-refractivity contribution in [1.29, 1.82) is 0 Å². The number of halogens is 1. The summed E-state index contributed by atoms with van der Waals surface area (Å²) >= 11 is 6.18. The van der Waals surface area contributed by atoms with E-state index in [1.54, 1.807) is 0 Å². The van der Waals surface area contributed by atoms with Crippen LogP contribution in [0.2, 0.25) is 5.02 Å². The Kier molecular flexibility index (Phi) is 8.75. The van der Waals surface area contributed by atoms with E-state index in [0.29, 0.717) is 30.6 Å². The second kappa shape index (κ2) is 11.6. The van der Waals surface area contributed by atoms with Crippen LogP contribution in [0.25, 0.3) is 0 Å². The molecule has 1 N–H and O–H groups in total. The number of rotatable bonds is 8. The van der Waals surface area contributed by atoms with Crippen LogP contribution < -0.4 is 4.90 Å². The quantitative estimate of drug-likeness (QED) is 0.547. The van der Waals surface area contributed by atoms with E-state index in [1.807, 2.05) is 38.2 Å². The Bertz CT molecular complexity index is 907. The van der Waals surface area contributed by atoms with Crippen LogP contribution in [-0.2, 0) is 6.42 Å². The largest absolute Gasteiger partial charge is 0.389 e. The number of piperidine rings is 1. The average Bonchev–Trinajstić information content (AvgIpc) is 2.81. The monoisotopic (exact) mass is 498 g/mol. The lowest BCUT2D eigenvalue weighted by Crippen LogP contribution is -2.64. The molecular weight excluding hydrogens is 456 g/mol. The van der Waals surface area contributed by atoms with Gasteiger partial charge in [0.25, 0.3) is 0 Å². The third-order valence-electron chi connectivity index (χ3n) is 7.48. The van der Waals surface area contributed by atoms with Crippen molar-refractivity contribution in [2.45, 2.75) is 77.1 Å². The number of pyridine rings is 1. The summed E-state index contributed by atoms with van der Waals surface area (Å²) in [7, 11) is 0. The fourth-order valence-corrected chi connectivity index (χ4v) is 6.11. The van der Waals surface area contributed by atoms with E-state index < -0.39 is 5.60 Å². The van der Waals surface area contributed by atoms with Crippen molar-refractivity contribution in [1.82, 2.24) is 14.8 Å². The third-order valence-corrected chi connectivity index (χ3v) is 7.73. The smallest absolute Gasteiger partial charge is 0.128 e. The maximum absolute atomic E-state index is 10.7. The van der Waals surface area contributed by atoms with Gasteiger partial charge >= 0.3 is 0 Å². The molecule has 3 heterocycles. The minimum atomic E-state index is -0.698. The Morgan fingerprint density at radius 1 is 1.03 bits per heavy atom. The second-order valence-corrected chi connectivity index (χ2v) is 12.0. The van der Waals surface area contributed by atoms with Gasteiger partial charge in [0.2, 0.25) is 0 Å². The van der Waals surface area contributed by atoms with Gasteiger partial charge in [-0.2, -0.15) is 0 Å². The molecule has 0 unspecified atom stereocenters. The number of anilines is 1. The number of aromatic nitrogens is 1. The highest BCUT2D eigenvalue weighted by Crippen LogP contribution is 2.30. The molecule has 2 aliphatic heterocycles. The summed E-state index contributed by atoms with van der Waals surface area (Å²) in [6.07, 6.45) is 6.38. The average molecular weight is 499 g/mol. The molecule has 2 aliphatic rings. The van der Waals surface area contributed by atoms with Crippen molar-refractivity contribution in [2.24, 2.45) is 5.92 Å². The highest BCUT2D eigenvalue weighted by Gasteiger charge is 2.39. The van der Waals surface area contributed by atoms with E-state index in [1.165, 1.54) is 5.56 Å². The molecule has 6 heteroatoms. The number of nitrogens with zero attached hydrogens (tertiary/aromatic N) is 4. The fraction of sp³-hybridized carbons (Fsp3) is 0.621. The first-order valence-electron chi connectivity index (χ1n) is 13.3. The van der Waals surface area contributed by atoms with Crippen LogP contribution in [0.3, 0.4) is 0 Å². The van der Waals surface area contributed by atoms with Crippen molar-refractivity contribution in [2.75, 3.05) is 37.6 Å². The van der Waals surface area contributed by atoms with Gasteiger partial charge in [0.15, 0.2) is 0 Å². The van der Waals surface area contributed by atoms with Crippen LogP contribution in [0, 0.1) is 5.92 Å². The fourth-order valence-electron chi connectivity index (χ4n) is 5.98. The molecule has 0 saturated carbocycles. The normalized spacial score (nSPS) is 23.2. The summed E-state index contributed by atoms with van der Waals surface area (Å²) in [6.45, 7) is 13.4. The highest BCUT2D eigenvalue weighted by atomic mass is 35.5. The Morgan fingerprint density at radius 3 is 2.34 bits per heavy atom. The van der Waals surface area contributed by atoms with E-state index in [2.05, 4.69) is 57.8 Å². The van der Waals surface area contributed by atoms with Crippen molar-refractivity contribution >= 4 is 17.4 Å². The summed E-state index contributed by atoms with van der Waals surface area (Å²) in [4.78, 5) is 12.4. The summed E-state index contributed by atoms with van der Waals surface area (Å²) in [5.41, 5.74) is 0.636. The van der Waals surface area contributed by atoms with Gasteiger partial charge in [-0.3, -0.25) is 9.80 Å². The van der Waals surface area contributed by atoms with Crippen LogP contribution in [0.5, 0.6) is 0 Å². The molecule has 2 saturated heterocycles. The number of piperazine rings is 1. The van der Waals surface area contributed by atoms with E-state index in [-0.39, 0.29) is 0 Å². The molecule has 192 valence electrons. The third kappa shape index (κ3) is 7.42. The van der Waals surface area contributed by atoms with Gasteiger partial charge in [-0.05, 0) is 75.3 Å². The molecule has 1 aromatic carbocycles. The summed E-state index contributed by atoms with van der Waals surface area (Å²) < 4.78 is 0. The molecule has 2 atom stereocenters. The van der Waals surface area contributed by atoms with Gasteiger partial charge in [-0.25, -0.2) is 4.98 Å². The van der Waals surface area contributed by atoms with E-state index in [0.717, 1.165) is 62.7 Å². The summed E-state index contributed by atoms with van der Waals surface area (Å²) in [5.74, 6) is 1.72. The van der Waals surface area contributed by atoms with Crippen LogP contribution >= 0.6 is 11.6 Å². The van der Waals surface area contributed by atoms with Gasteiger partial charge in [0, 0.05) is 62.1 Å². The molecule has 1 aromatic heterocycles. The minimum Gasteiger partial charge on any atom is -0.389 e. The number of aliphatic hydroxyl groups is 1. The summed E-state index contributed by atoms with van der Waals surface area (Å²) in [5, 5.41) is 11.5. The van der Waals surface area contributed by atoms with E-state index >= 15 is 0 Å². The van der Waals surface area contributed by atoms with Crippen molar-refractivity contribution in [3.05, 3.63) is 59.2 Å². The molecule has 0 bridgehead atoms. The zero-order valence-electron chi connectivity index (χ0n) is 21.9.